The lowest BCUT2D eigenvalue weighted by Gasteiger charge is -2.34. The highest BCUT2D eigenvalue weighted by Gasteiger charge is 2.35. The summed E-state index contributed by atoms with van der Waals surface area (Å²) in [6, 6.07) is 9.25. The van der Waals surface area contributed by atoms with Gasteiger partial charge in [-0.3, -0.25) is 0 Å². The lowest BCUT2D eigenvalue weighted by molar-refractivity contribution is 0.0539. The van der Waals surface area contributed by atoms with Gasteiger partial charge >= 0.3 is 0 Å². The normalized spacial score (nSPS) is 17.8. The van der Waals surface area contributed by atoms with Crippen LogP contribution in [-0.2, 0) is 5.60 Å². The van der Waals surface area contributed by atoms with Gasteiger partial charge < -0.3 is 33.7 Å². The highest BCUT2D eigenvalue weighted by Crippen LogP contribution is 2.45. The standard InChI is InChI=1S/C24H31NO6/c1-27-21-14-18(15-22(28-2)23(21)29-3)24(26,9-12-25-10-5-4-6-11-25)17-7-8-19-20(13-17)31-16-30-19/h7-8,13-15,26H,4-6,9-12,16H2,1-3H3/t24-/m1/s1. The van der Waals surface area contributed by atoms with Crippen molar-refractivity contribution in [3.63, 3.8) is 0 Å². The second-order valence-corrected chi connectivity index (χ2v) is 7.99. The molecule has 0 bridgehead atoms. The van der Waals surface area contributed by atoms with Crippen LogP contribution < -0.4 is 23.7 Å². The molecule has 4 rings (SSSR count). The molecule has 2 aliphatic rings. The molecule has 7 nitrogen and oxygen atoms in total. The Kier molecular flexibility index (Phi) is 6.43. The number of benzene rings is 2. The maximum Gasteiger partial charge on any atom is 0.231 e. The SMILES string of the molecule is COc1cc([C@@](O)(CCN2CCCCC2)c2ccc3c(c2)OCO3)cc(OC)c1OC. The van der Waals surface area contributed by atoms with Crippen LogP contribution in [0.25, 0.3) is 0 Å². The topological polar surface area (TPSA) is 69.6 Å². The summed E-state index contributed by atoms with van der Waals surface area (Å²) in [6.45, 7) is 3.09. The number of piperidine rings is 1. The molecule has 1 saturated heterocycles. The van der Waals surface area contributed by atoms with Crippen molar-refractivity contribution in [1.29, 1.82) is 0 Å². The number of methoxy groups -OCH3 is 3. The Hall–Kier alpha value is -2.64. The van der Waals surface area contributed by atoms with E-state index in [9.17, 15) is 5.11 Å². The van der Waals surface area contributed by atoms with E-state index >= 15 is 0 Å². The van der Waals surface area contributed by atoms with Crippen LogP contribution >= 0.6 is 0 Å². The number of rotatable bonds is 8. The van der Waals surface area contributed by atoms with Crippen molar-refractivity contribution in [1.82, 2.24) is 4.90 Å². The van der Waals surface area contributed by atoms with E-state index in [0.717, 1.165) is 25.2 Å². The highest BCUT2D eigenvalue weighted by molar-refractivity contribution is 5.57. The van der Waals surface area contributed by atoms with Gasteiger partial charge in [0.15, 0.2) is 23.0 Å². The van der Waals surface area contributed by atoms with Crippen molar-refractivity contribution in [2.45, 2.75) is 31.3 Å². The van der Waals surface area contributed by atoms with Gasteiger partial charge in [0.2, 0.25) is 12.5 Å². The molecule has 0 unspecified atom stereocenters. The number of ether oxygens (including phenoxy) is 5. The van der Waals surface area contributed by atoms with Crippen LogP contribution in [0, 0.1) is 0 Å². The molecule has 1 fully saturated rings. The van der Waals surface area contributed by atoms with Crippen LogP contribution in [-0.4, -0.2) is 57.8 Å². The first-order valence-corrected chi connectivity index (χ1v) is 10.7. The number of nitrogens with zero attached hydrogens (tertiary/aromatic N) is 1. The van der Waals surface area contributed by atoms with Gasteiger partial charge in [0.25, 0.3) is 0 Å². The maximum atomic E-state index is 12.1. The highest BCUT2D eigenvalue weighted by atomic mass is 16.7. The van der Waals surface area contributed by atoms with E-state index in [1.54, 1.807) is 21.3 Å². The van der Waals surface area contributed by atoms with Gasteiger partial charge in [0.05, 0.1) is 21.3 Å². The molecule has 168 valence electrons. The van der Waals surface area contributed by atoms with E-state index < -0.39 is 5.60 Å². The summed E-state index contributed by atoms with van der Waals surface area (Å²) in [5.41, 5.74) is 0.145. The average Bonchev–Trinajstić information content (AvgIpc) is 3.30. The number of hydrogen-bond donors (Lipinski definition) is 1. The lowest BCUT2D eigenvalue weighted by Crippen LogP contribution is -2.37. The van der Waals surface area contributed by atoms with E-state index in [-0.39, 0.29) is 6.79 Å². The fourth-order valence-electron chi connectivity index (χ4n) is 4.43. The van der Waals surface area contributed by atoms with E-state index in [4.69, 9.17) is 23.7 Å². The van der Waals surface area contributed by atoms with Crippen molar-refractivity contribution >= 4 is 0 Å². The Morgan fingerprint density at radius 2 is 1.55 bits per heavy atom. The predicted octanol–water partition coefficient (Wildman–Crippen LogP) is 3.55. The molecule has 2 aromatic rings. The summed E-state index contributed by atoms with van der Waals surface area (Å²) in [6.07, 6.45) is 4.19. The van der Waals surface area contributed by atoms with Gasteiger partial charge in [-0.1, -0.05) is 12.5 Å². The zero-order chi connectivity index (χ0) is 21.8. The Bertz CT molecular complexity index is 886. The first-order valence-electron chi connectivity index (χ1n) is 10.7. The monoisotopic (exact) mass is 429 g/mol. The molecule has 0 amide bonds. The summed E-state index contributed by atoms with van der Waals surface area (Å²) >= 11 is 0. The Morgan fingerprint density at radius 3 is 2.19 bits per heavy atom. The van der Waals surface area contributed by atoms with Gasteiger partial charge in [-0.2, -0.15) is 0 Å². The molecular formula is C24H31NO6. The molecule has 1 N–H and O–H groups in total. The summed E-state index contributed by atoms with van der Waals surface area (Å²) in [5, 5.41) is 12.1. The number of hydrogen-bond acceptors (Lipinski definition) is 7. The lowest BCUT2D eigenvalue weighted by atomic mass is 9.82. The number of likely N-dealkylation sites (tertiary alicyclic amines) is 1. The average molecular weight is 430 g/mol. The molecular weight excluding hydrogens is 398 g/mol. The predicted molar refractivity (Wildman–Crippen MR) is 117 cm³/mol. The molecule has 2 heterocycles. The van der Waals surface area contributed by atoms with Gasteiger partial charge in [0.1, 0.15) is 5.60 Å². The van der Waals surface area contributed by atoms with Gasteiger partial charge in [-0.25, -0.2) is 0 Å². The van der Waals surface area contributed by atoms with Gasteiger partial charge in [-0.05, 0) is 67.7 Å². The van der Waals surface area contributed by atoms with Crippen molar-refractivity contribution in [3.05, 3.63) is 41.5 Å². The molecule has 0 radical (unpaired) electrons. The van der Waals surface area contributed by atoms with Crippen molar-refractivity contribution in [2.75, 3.05) is 47.8 Å². The third-order valence-electron chi connectivity index (χ3n) is 6.23. The summed E-state index contributed by atoms with van der Waals surface area (Å²) in [5.74, 6) is 2.84. The second kappa shape index (κ2) is 9.24. The second-order valence-electron chi connectivity index (χ2n) is 7.99. The summed E-state index contributed by atoms with van der Waals surface area (Å²) < 4.78 is 27.6. The van der Waals surface area contributed by atoms with Crippen LogP contribution in [0.1, 0.15) is 36.8 Å². The minimum Gasteiger partial charge on any atom is -0.493 e. The molecule has 7 heteroatoms. The maximum absolute atomic E-state index is 12.1. The molecule has 0 saturated carbocycles. The Morgan fingerprint density at radius 1 is 0.871 bits per heavy atom. The van der Waals surface area contributed by atoms with Gasteiger partial charge in [0, 0.05) is 6.54 Å². The molecule has 31 heavy (non-hydrogen) atoms. The van der Waals surface area contributed by atoms with E-state index in [1.165, 1.54) is 19.3 Å². The van der Waals surface area contributed by atoms with Crippen molar-refractivity contribution in [3.8, 4) is 28.7 Å². The zero-order valence-electron chi connectivity index (χ0n) is 18.5. The summed E-state index contributed by atoms with van der Waals surface area (Å²) in [7, 11) is 4.73. The third kappa shape index (κ3) is 4.25. The smallest absolute Gasteiger partial charge is 0.231 e. The van der Waals surface area contributed by atoms with Crippen LogP contribution in [0.5, 0.6) is 28.7 Å². The van der Waals surface area contributed by atoms with Crippen molar-refractivity contribution in [2.24, 2.45) is 0 Å². The van der Waals surface area contributed by atoms with Gasteiger partial charge in [-0.15, -0.1) is 0 Å². The minimum absolute atomic E-state index is 0.190. The molecule has 0 aromatic heterocycles. The number of fused-ring (bicyclic) bond motifs is 1. The molecule has 1 atom stereocenters. The van der Waals surface area contributed by atoms with E-state index in [2.05, 4.69) is 4.90 Å². The fourth-order valence-corrected chi connectivity index (χ4v) is 4.43. The van der Waals surface area contributed by atoms with E-state index in [0.29, 0.717) is 40.7 Å². The first-order chi connectivity index (χ1) is 15.1. The largest absolute Gasteiger partial charge is 0.493 e. The molecule has 2 aliphatic heterocycles. The number of aliphatic hydroxyl groups is 1. The van der Waals surface area contributed by atoms with Crippen molar-refractivity contribution < 1.29 is 28.8 Å². The Balaban J connectivity index is 1.76. The van der Waals surface area contributed by atoms with Crippen LogP contribution in [0.3, 0.4) is 0 Å². The van der Waals surface area contributed by atoms with E-state index in [1.807, 2.05) is 30.3 Å². The fraction of sp³-hybridized carbons (Fsp3) is 0.500. The third-order valence-corrected chi connectivity index (χ3v) is 6.23. The first kappa shape index (κ1) is 21.6. The Labute approximate surface area is 183 Å². The summed E-state index contributed by atoms with van der Waals surface area (Å²) in [4.78, 5) is 2.42. The molecule has 0 spiro atoms. The zero-order valence-corrected chi connectivity index (χ0v) is 18.5. The van der Waals surface area contributed by atoms with Crippen LogP contribution in [0.2, 0.25) is 0 Å². The van der Waals surface area contributed by atoms with Crippen LogP contribution in [0.4, 0.5) is 0 Å². The minimum atomic E-state index is -1.27. The quantitative estimate of drug-likeness (QED) is 0.688. The van der Waals surface area contributed by atoms with Crippen LogP contribution in [0.15, 0.2) is 30.3 Å². The molecule has 0 aliphatic carbocycles. The molecule has 2 aromatic carbocycles.